The Hall–Kier alpha value is -0.850. The maximum Gasteiger partial charge on any atom is 0.0302 e. The van der Waals surface area contributed by atoms with Gasteiger partial charge in [-0.2, -0.15) is 0 Å². The zero-order valence-corrected chi connectivity index (χ0v) is 8.95. The van der Waals surface area contributed by atoms with Gasteiger partial charge < -0.3 is 0 Å². The van der Waals surface area contributed by atoms with E-state index in [1.165, 1.54) is 37.7 Å². The summed E-state index contributed by atoms with van der Waals surface area (Å²) in [6.45, 7) is 2.38. The molecule has 2 atom stereocenters. The summed E-state index contributed by atoms with van der Waals surface area (Å²) in [5.41, 5.74) is 1.45. The predicted molar refractivity (Wildman–Crippen MR) is 59.2 cm³/mol. The second-order valence-corrected chi connectivity index (χ2v) is 4.60. The Morgan fingerprint density at radius 3 is 2.93 bits per heavy atom. The van der Waals surface area contributed by atoms with E-state index < -0.39 is 0 Å². The molecule has 0 bridgehead atoms. The Balaban J connectivity index is 2.04. The molecule has 2 rings (SSSR count). The zero-order valence-electron chi connectivity index (χ0n) is 8.95. The molecule has 1 aromatic rings. The number of pyridine rings is 1. The number of aromatic nitrogens is 1. The van der Waals surface area contributed by atoms with Crippen molar-refractivity contribution in [2.75, 3.05) is 0 Å². The first kappa shape index (κ1) is 9.70. The van der Waals surface area contributed by atoms with E-state index in [1.807, 2.05) is 12.4 Å². The van der Waals surface area contributed by atoms with Crippen LogP contribution in [-0.2, 0) is 0 Å². The standard InChI is InChI=1S/C13H19N/c1-11-4-2-5-12(8-7-11)13-6-3-9-14-10-13/h3,6,9-12H,2,4-5,7-8H2,1H3. The monoisotopic (exact) mass is 189 g/mol. The van der Waals surface area contributed by atoms with E-state index in [1.54, 1.807) is 0 Å². The highest BCUT2D eigenvalue weighted by Crippen LogP contribution is 2.33. The third kappa shape index (κ3) is 2.34. The predicted octanol–water partition coefficient (Wildman–Crippen LogP) is 3.77. The third-order valence-corrected chi connectivity index (χ3v) is 3.41. The summed E-state index contributed by atoms with van der Waals surface area (Å²) in [5, 5.41) is 0. The lowest BCUT2D eigenvalue weighted by Crippen LogP contribution is -1.97. The van der Waals surface area contributed by atoms with E-state index in [0.29, 0.717) is 0 Å². The van der Waals surface area contributed by atoms with Gasteiger partial charge in [0.25, 0.3) is 0 Å². The summed E-state index contributed by atoms with van der Waals surface area (Å²) >= 11 is 0. The summed E-state index contributed by atoms with van der Waals surface area (Å²) < 4.78 is 0. The van der Waals surface area contributed by atoms with Crippen LogP contribution in [0.2, 0.25) is 0 Å². The number of rotatable bonds is 1. The van der Waals surface area contributed by atoms with Crippen LogP contribution >= 0.6 is 0 Å². The minimum Gasteiger partial charge on any atom is -0.264 e. The normalized spacial score (nSPS) is 28.4. The van der Waals surface area contributed by atoms with Gasteiger partial charge in [-0.05, 0) is 36.3 Å². The van der Waals surface area contributed by atoms with Crippen LogP contribution in [0.25, 0.3) is 0 Å². The SMILES string of the molecule is CC1CCCC(c2cccnc2)CC1. The molecule has 0 N–H and O–H groups in total. The van der Waals surface area contributed by atoms with Crippen molar-refractivity contribution in [1.29, 1.82) is 0 Å². The van der Waals surface area contributed by atoms with Crippen LogP contribution < -0.4 is 0 Å². The van der Waals surface area contributed by atoms with Gasteiger partial charge in [0.05, 0.1) is 0 Å². The maximum atomic E-state index is 4.21. The lowest BCUT2D eigenvalue weighted by atomic mass is 9.93. The van der Waals surface area contributed by atoms with E-state index >= 15 is 0 Å². The minimum absolute atomic E-state index is 0.772. The molecule has 1 heteroatoms. The summed E-state index contributed by atoms with van der Waals surface area (Å²) in [6, 6.07) is 4.29. The van der Waals surface area contributed by atoms with Gasteiger partial charge in [0, 0.05) is 12.4 Å². The van der Waals surface area contributed by atoms with Crippen LogP contribution in [0.15, 0.2) is 24.5 Å². The summed E-state index contributed by atoms with van der Waals surface area (Å²) in [7, 11) is 0. The van der Waals surface area contributed by atoms with Crippen LogP contribution in [0.1, 0.15) is 50.5 Å². The lowest BCUT2D eigenvalue weighted by Gasteiger charge is -2.13. The molecule has 0 saturated heterocycles. The fraction of sp³-hybridized carbons (Fsp3) is 0.615. The average Bonchev–Trinajstić information content (AvgIpc) is 2.44. The Labute approximate surface area is 86.6 Å². The summed E-state index contributed by atoms with van der Waals surface area (Å²) in [6.07, 6.45) is 10.8. The smallest absolute Gasteiger partial charge is 0.0302 e. The average molecular weight is 189 g/mol. The third-order valence-electron chi connectivity index (χ3n) is 3.41. The molecule has 1 fully saturated rings. The first-order chi connectivity index (χ1) is 6.86. The Bertz CT molecular complexity index is 268. The second kappa shape index (κ2) is 4.59. The summed E-state index contributed by atoms with van der Waals surface area (Å²) in [5.74, 6) is 1.70. The maximum absolute atomic E-state index is 4.21. The van der Waals surface area contributed by atoms with Crippen molar-refractivity contribution in [2.24, 2.45) is 5.92 Å². The molecule has 1 heterocycles. The van der Waals surface area contributed by atoms with Gasteiger partial charge in [-0.3, -0.25) is 4.98 Å². The molecule has 2 unspecified atom stereocenters. The van der Waals surface area contributed by atoms with Crippen molar-refractivity contribution in [3.05, 3.63) is 30.1 Å². The van der Waals surface area contributed by atoms with Crippen molar-refractivity contribution in [3.63, 3.8) is 0 Å². The molecule has 14 heavy (non-hydrogen) atoms. The Morgan fingerprint density at radius 1 is 1.21 bits per heavy atom. The van der Waals surface area contributed by atoms with Gasteiger partial charge in [0.1, 0.15) is 0 Å². The molecule has 1 nitrogen and oxygen atoms in total. The quantitative estimate of drug-likeness (QED) is 0.613. The van der Waals surface area contributed by atoms with Gasteiger partial charge >= 0.3 is 0 Å². The van der Waals surface area contributed by atoms with Gasteiger partial charge in [0.2, 0.25) is 0 Å². The highest BCUT2D eigenvalue weighted by molar-refractivity contribution is 5.14. The second-order valence-electron chi connectivity index (χ2n) is 4.60. The van der Waals surface area contributed by atoms with E-state index in [2.05, 4.69) is 24.0 Å². The molecule has 0 aliphatic heterocycles. The van der Waals surface area contributed by atoms with Crippen molar-refractivity contribution in [1.82, 2.24) is 4.98 Å². The fourth-order valence-electron chi connectivity index (χ4n) is 2.44. The van der Waals surface area contributed by atoms with Crippen LogP contribution in [0.4, 0.5) is 0 Å². The highest BCUT2D eigenvalue weighted by Gasteiger charge is 2.17. The highest BCUT2D eigenvalue weighted by atomic mass is 14.6. The van der Waals surface area contributed by atoms with Crippen molar-refractivity contribution >= 4 is 0 Å². The van der Waals surface area contributed by atoms with E-state index in [0.717, 1.165) is 11.8 Å². The molecule has 1 aromatic heterocycles. The number of hydrogen-bond donors (Lipinski definition) is 0. The van der Waals surface area contributed by atoms with E-state index in [-0.39, 0.29) is 0 Å². The lowest BCUT2D eigenvalue weighted by molar-refractivity contribution is 0.499. The molecule has 1 aliphatic rings. The van der Waals surface area contributed by atoms with E-state index in [4.69, 9.17) is 0 Å². The zero-order chi connectivity index (χ0) is 9.80. The minimum atomic E-state index is 0.772. The number of nitrogens with zero attached hydrogens (tertiary/aromatic N) is 1. The molecule has 1 saturated carbocycles. The molecule has 0 spiro atoms. The number of hydrogen-bond acceptors (Lipinski definition) is 1. The van der Waals surface area contributed by atoms with Crippen molar-refractivity contribution < 1.29 is 0 Å². The largest absolute Gasteiger partial charge is 0.264 e. The van der Waals surface area contributed by atoms with Crippen molar-refractivity contribution in [3.8, 4) is 0 Å². The first-order valence-electron chi connectivity index (χ1n) is 5.76. The van der Waals surface area contributed by atoms with Crippen molar-refractivity contribution in [2.45, 2.75) is 44.9 Å². The van der Waals surface area contributed by atoms with Gasteiger partial charge in [-0.1, -0.05) is 32.3 Å². The summed E-state index contributed by atoms with van der Waals surface area (Å²) in [4.78, 5) is 4.21. The first-order valence-corrected chi connectivity index (χ1v) is 5.76. The molecule has 1 aliphatic carbocycles. The van der Waals surface area contributed by atoms with Crippen LogP contribution in [0, 0.1) is 5.92 Å². The molecule has 76 valence electrons. The Morgan fingerprint density at radius 2 is 2.14 bits per heavy atom. The van der Waals surface area contributed by atoms with Gasteiger partial charge in [0.15, 0.2) is 0 Å². The fourth-order valence-corrected chi connectivity index (χ4v) is 2.44. The molecule has 0 radical (unpaired) electrons. The van der Waals surface area contributed by atoms with E-state index in [9.17, 15) is 0 Å². The van der Waals surface area contributed by atoms with Gasteiger partial charge in [-0.25, -0.2) is 0 Å². The van der Waals surface area contributed by atoms with Crippen LogP contribution in [-0.4, -0.2) is 4.98 Å². The van der Waals surface area contributed by atoms with Crippen LogP contribution in [0.5, 0.6) is 0 Å². The molecular weight excluding hydrogens is 170 g/mol. The molecular formula is C13H19N. The molecule has 0 amide bonds. The Kier molecular flexibility index (Phi) is 3.18. The van der Waals surface area contributed by atoms with Gasteiger partial charge in [-0.15, -0.1) is 0 Å². The van der Waals surface area contributed by atoms with Crippen LogP contribution in [0.3, 0.4) is 0 Å². The topological polar surface area (TPSA) is 12.9 Å². The molecule has 0 aromatic carbocycles.